The van der Waals surface area contributed by atoms with Gasteiger partial charge in [0.25, 0.3) is 0 Å². The summed E-state index contributed by atoms with van der Waals surface area (Å²) in [5.74, 6) is 5.38. The number of hydrogen-bond acceptors (Lipinski definition) is 1. The van der Waals surface area contributed by atoms with Crippen LogP contribution in [-0.2, 0) is 6.18 Å². The molecule has 0 aromatic heterocycles. The lowest BCUT2D eigenvalue weighted by molar-refractivity contribution is -0.137. The molecule has 1 aromatic carbocycles. The van der Waals surface area contributed by atoms with Gasteiger partial charge in [-0.05, 0) is 30.7 Å². The van der Waals surface area contributed by atoms with Gasteiger partial charge in [-0.25, -0.2) is 0 Å². The van der Waals surface area contributed by atoms with E-state index in [-0.39, 0.29) is 0 Å². The van der Waals surface area contributed by atoms with Crippen molar-refractivity contribution in [1.82, 2.24) is 0 Å². The number of nitrogens with two attached hydrogens (primary N) is 1. The molecule has 0 saturated heterocycles. The summed E-state index contributed by atoms with van der Waals surface area (Å²) < 4.78 is 37.4. The molecule has 0 bridgehead atoms. The fourth-order valence-electron chi connectivity index (χ4n) is 1.26. The van der Waals surface area contributed by atoms with Gasteiger partial charge >= 0.3 is 6.18 Å². The molecule has 1 rings (SSSR count). The maximum Gasteiger partial charge on any atom is 0.416 e. The summed E-state index contributed by atoms with van der Waals surface area (Å²) in [5.41, 5.74) is 5.50. The molecule has 1 nitrogen and oxygen atoms in total. The average Bonchev–Trinajstić information content (AvgIpc) is 2.16. The Morgan fingerprint density at radius 3 is 2.50 bits per heavy atom. The quantitative estimate of drug-likeness (QED) is 0.733. The van der Waals surface area contributed by atoms with Crippen LogP contribution in [0.4, 0.5) is 13.2 Å². The Labute approximate surface area is 92.5 Å². The van der Waals surface area contributed by atoms with Crippen LogP contribution in [0.15, 0.2) is 18.2 Å². The summed E-state index contributed by atoms with van der Waals surface area (Å²) in [6.07, 6.45) is -3.84. The van der Waals surface area contributed by atoms with Gasteiger partial charge in [0.1, 0.15) is 0 Å². The largest absolute Gasteiger partial charge is 0.416 e. The second kappa shape index (κ2) is 5.04. The van der Waals surface area contributed by atoms with Crippen molar-refractivity contribution in [3.63, 3.8) is 0 Å². The summed E-state index contributed by atoms with van der Waals surface area (Å²) in [6, 6.07) is 3.78. The van der Waals surface area contributed by atoms with Gasteiger partial charge < -0.3 is 5.73 Å². The van der Waals surface area contributed by atoms with Gasteiger partial charge in [-0.2, -0.15) is 13.2 Å². The van der Waals surface area contributed by atoms with E-state index in [4.69, 9.17) is 5.73 Å². The van der Waals surface area contributed by atoms with Crippen molar-refractivity contribution in [3.8, 4) is 11.8 Å². The third kappa shape index (κ3) is 3.59. The lowest BCUT2D eigenvalue weighted by atomic mass is 10.1. The SMILES string of the molecule is Cc1cc(C#CCCN)cc(C(F)(F)F)c1. The smallest absolute Gasteiger partial charge is 0.330 e. The molecule has 86 valence electrons. The van der Waals surface area contributed by atoms with Crippen molar-refractivity contribution in [1.29, 1.82) is 0 Å². The van der Waals surface area contributed by atoms with Crippen molar-refractivity contribution in [2.24, 2.45) is 5.73 Å². The average molecular weight is 227 g/mol. The minimum Gasteiger partial charge on any atom is -0.330 e. The Morgan fingerprint density at radius 2 is 1.94 bits per heavy atom. The Kier molecular flexibility index (Phi) is 3.97. The van der Waals surface area contributed by atoms with Crippen molar-refractivity contribution in [2.45, 2.75) is 19.5 Å². The molecule has 1 aromatic rings. The van der Waals surface area contributed by atoms with E-state index >= 15 is 0 Å². The number of rotatable bonds is 1. The van der Waals surface area contributed by atoms with Crippen LogP contribution in [0.2, 0.25) is 0 Å². The number of aryl methyl sites for hydroxylation is 1. The maximum atomic E-state index is 12.5. The van der Waals surface area contributed by atoms with Crippen LogP contribution in [0.5, 0.6) is 0 Å². The first-order valence-electron chi connectivity index (χ1n) is 4.81. The highest BCUT2D eigenvalue weighted by Crippen LogP contribution is 2.30. The van der Waals surface area contributed by atoms with E-state index in [1.165, 1.54) is 0 Å². The molecule has 0 aliphatic carbocycles. The van der Waals surface area contributed by atoms with Crippen molar-refractivity contribution in [3.05, 3.63) is 34.9 Å². The number of benzene rings is 1. The summed E-state index contributed by atoms with van der Waals surface area (Å²) in [5, 5.41) is 0. The highest BCUT2D eigenvalue weighted by molar-refractivity contribution is 5.41. The fraction of sp³-hybridized carbons (Fsp3) is 0.333. The second-order valence-corrected chi connectivity index (χ2v) is 3.43. The highest BCUT2D eigenvalue weighted by Gasteiger charge is 2.30. The molecule has 0 fully saturated rings. The molecule has 0 aliphatic rings. The van der Waals surface area contributed by atoms with E-state index in [1.54, 1.807) is 13.0 Å². The topological polar surface area (TPSA) is 26.0 Å². The van der Waals surface area contributed by atoms with Gasteiger partial charge in [0.05, 0.1) is 5.56 Å². The van der Waals surface area contributed by atoms with E-state index < -0.39 is 11.7 Å². The number of halogens is 3. The van der Waals surface area contributed by atoms with Crippen LogP contribution in [-0.4, -0.2) is 6.54 Å². The molecule has 2 N–H and O–H groups in total. The number of alkyl halides is 3. The first-order chi connectivity index (χ1) is 7.43. The number of hydrogen-bond donors (Lipinski definition) is 1. The molecule has 0 amide bonds. The molecule has 16 heavy (non-hydrogen) atoms. The van der Waals surface area contributed by atoms with Crippen LogP contribution in [0, 0.1) is 18.8 Å². The first-order valence-corrected chi connectivity index (χ1v) is 4.81. The third-order valence-corrected chi connectivity index (χ3v) is 1.91. The standard InChI is InChI=1S/C12H12F3N/c1-9-6-10(4-2-3-5-16)8-11(7-9)12(13,14)15/h6-8H,3,5,16H2,1H3. The predicted octanol–water partition coefficient (Wildman–Crippen LogP) is 2.71. The molecule has 0 atom stereocenters. The van der Waals surface area contributed by atoms with Crippen molar-refractivity contribution >= 4 is 0 Å². The van der Waals surface area contributed by atoms with Gasteiger partial charge in [-0.1, -0.05) is 11.8 Å². The second-order valence-electron chi connectivity index (χ2n) is 3.43. The summed E-state index contributed by atoms with van der Waals surface area (Å²) in [7, 11) is 0. The molecule has 0 spiro atoms. The zero-order valence-electron chi connectivity index (χ0n) is 8.86. The molecule has 0 aliphatic heterocycles. The highest BCUT2D eigenvalue weighted by atomic mass is 19.4. The van der Waals surface area contributed by atoms with Gasteiger partial charge in [0, 0.05) is 18.5 Å². The monoisotopic (exact) mass is 227 g/mol. The van der Waals surface area contributed by atoms with E-state index in [2.05, 4.69) is 11.8 Å². The normalized spacial score (nSPS) is 10.8. The minimum absolute atomic E-state index is 0.376. The van der Waals surface area contributed by atoms with Crippen molar-refractivity contribution in [2.75, 3.05) is 6.54 Å². The molecule has 0 unspecified atom stereocenters. The lowest BCUT2D eigenvalue weighted by Gasteiger charge is -2.07. The summed E-state index contributed by atoms with van der Waals surface area (Å²) in [4.78, 5) is 0. The molecular formula is C12H12F3N. The zero-order valence-corrected chi connectivity index (χ0v) is 8.86. The predicted molar refractivity (Wildman–Crippen MR) is 56.7 cm³/mol. The molecule has 0 saturated carbocycles. The third-order valence-electron chi connectivity index (χ3n) is 1.91. The Hall–Kier alpha value is -1.47. The molecular weight excluding hydrogens is 215 g/mol. The minimum atomic E-state index is -4.32. The zero-order chi connectivity index (χ0) is 12.2. The molecule has 0 radical (unpaired) electrons. The van der Waals surface area contributed by atoms with Crippen LogP contribution >= 0.6 is 0 Å². The Morgan fingerprint density at radius 1 is 1.25 bits per heavy atom. The van der Waals surface area contributed by atoms with Gasteiger partial charge in [0.15, 0.2) is 0 Å². The lowest BCUT2D eigenvalue weighted by Crippen LogP contribution is -2.05. The Balaban J connectivity index is 3.05. The molecule has 0 heterocycles. The van der Waals surface area contributed by atoms with Crippen LogP contribution in [0.3, 0.4) is 0 Å². The van der Waals surface area contributed by atoms with E-state index in [1.807, 2.05) is 0 Å². The van der Waals surface area contributed by atoms with Gasteiger partial charge in [0.2, 0.25) is 0 Å². The summed E-state index contributed by atoms with van der Waals surface area (Å²) >= 11 is 0. The van der Waals surface area contributed by atoms with Crippen LogP contribution in [0.25, 0.3) is 0 Å². The molecule has 4 heteroatoms. The van der Waals surface area contributed by atoms with Gasteiger partial charge in [-0.15, -0.1) is 0 Å². The van der Waals surface area contributed by atoms with Gasteiger partial charge in [-0.3, -0.25) is 0 Å². The van der Waals surface area contributed by atoms with E-state index in [0.29, 0.717) is 24.1 Å². The van der Waals surface area contributed by atoms with Crippen LogP contribution < -0.4 is 5.73 Å². The Bertz CT molecular complexity index is 424. The van der Waals surface area contributed by atoms with Crippen LogP contribution in [0.1, 0.15) is 23.1 Å². The van der Waals surface area contributed by atoms with E-state index in [9.17, 15) is 13.2 Å². The fourth-order valence-corrected chi connectivity index (χ4v) is 1.26. The van der Waals surface area contributed by atoms with E-state index in [0.717, 1.165) is 12.1 Å². The first kappa shape index (κ1) is 12.6. The maximum absolute atomic E-state index is 12.5. The van der Waals surface area contributed by atoms with Crippen molar-refractivity contribution < 1.29 is 13.2 Å². The summed E-state index contributed by atoms with van der Waals surface area (Å²) in [6.45, 7) is 2.02.